The fourth-order valence-electron chi connectivity index (χ4n) is 1.12. The normalized spacial score (nSPS) is 11.7. The molecule has 0 aliphatic carbocycles. The molecule has 1 aromatic rings. The van der Waals surface area contributed by atoms with Crippen molar-refractivity contribution in [2.24, 2.45) is 0 Å². The Morgan fingerprint density at radius 3 is 2.64 bits per heavy atom. The van der Waals surface area contributed by atoms with Crippen molar-refractivity contribution in [3.63, 3.8) is 0 Å². The number of benzene rings is 1. The van der Waals surface area contributed by atoms with Crippen LogP contribution >= 0.6 is 0 Å². The molecule has 0 nitrogen and oxygen atoms in total. The summed E-state index contributed by atoms with van der Waals surface area (Å²) in [5.41, 5.74) is 0. The summed E-state index contributed by atoms with van der Waals surface area (Å²) in [5, 5.41) is 0. The maximum atomic E-state index is 12.5. The molecule has 0 aliphatic heterocycles. The third-order valence-corrected chi connectivity index (χ3v) is 4.12. The van der Waals surface area contributed by atoms with E-state index >= 15 is 0 Å². The second kappa shape index (κ2) is 6.80. The van der Waals surface area contributed by atoms with Gasteiger partial charge < -0.3 is 0 Å². The van der Waals surface area contributed by atoms with Crippen LogP contribution in [0.1, 0.15) is 26.2 Å². The summed E-state index contributed by atoms with van der Waals surface area (Å²) in [4.78, 5) is 0. The van der Waals surface area contributed by atoms with Gasteiger partial charge in [0.1, 0.15) is 0 Å². The van der Waals surface area contributed by atoms with E-state index < -0.39 is 0 Å². The molecule has 0 saturated carbocycles. The zero-order chi connectivity index (χ0) is 10.2. The van der Waals surface area contributed by atoms with E-state index in [-0.39, 0.29) is 15.0 Å². The Bertz CT molecular complexity index is 280. The molecule has 14 heavy (non-hydrogen) atoms. The molecule has 0 radical (unpaired) electrons. The molecule has 0 bridgehead atoms. The first-order valence-corrected chi connectivity index (χ1v) is 6.60. The summed E-state index contributed by atoms with van der Waals surface area (Å²) in [6.07, 6.45) is 3.91. The van der Waals surface area contributed by atoms with Gasteiger partial charge in [-0.1, -0.05) is 0 Å². The predicted molar refractivity (Wildman–Crippen MR) is 60.5 cm³/mol. The Hall–Kier alpha value is -0.591. The first-order chi connectivity index (χ1) is 6.86. The minimum atomic E-state index is 0.172. The Labute approximate surface area is 91.4 Å². The summed E-state index contributed by atoms with van der Waals surface area (Å²) in [5.74, 6) is 0. The van der Waals surface area contributed by atoms with Crippen molar-refractivity contribution in [1.29, 1.82) is 0 Å². The van der Waals surface area contributed by atoms with Gasteiger partial charge in [-0.25, -0.2) is 0 Å². The average Bonchev–Trinajstić information content (AvgIpc) is 2.25. The number of hydrogen-bond acceptors (Lipinski definition) is 0. The third-order valence-electron chi connectivity index (χ3n) is 1.89. The molecule has 1 aromatic carbocycles. The van der Waals surface area contributed by atoms with Crippen molar-refractivity contribution in [3.05, 3.63) is 41.1 Å². The molecule has 0 aromatic heterocycles. The second-order valence-electron chi connectivity index (χ2n) is 3.09. The molecule has 0 unspecified atom stereocenters. The summed E-state index contributed by atoms with van der Waals surface area (Å²) >= 11 is 0.172. The fraction of sp³-hybridized carbons (Fsp3) is 0.333. The summed E-state index contributed by atoms with van der Waals surface area (Å²) in [6, 6.07) is 10.1. The van der Waals surface area contributed by atoms with E-state index in [2.05, 4.69) is 19.1 Å². The molecule has 1 rings (SSSR count). The van der Waals surface area contributed by atoms with E-state index in [9.17, 15) is 4.39 Å². The molecule has 0 heterocycles. The topological polar surface area (TPSA) is 0 Å². The van der Waals surface area contributed by atoms with Crippen molar-refractivity contribution in [3.8, 4) is 0 Å². The van der Waals surface area contributed by atoms with Crippen LogP contribution in [0, 0.1) is 0 Å². The Morgan fingerprint density at radius 2 is 2.07 bits per heavy atom. The molecule has 0 amide bonds. The molecular formula is C12H15FSe. The Balaban J connectivity index is 2.50. The first kappa shape index (κ1) is 11.5. The van der Waals surface area contributed by atoms with Crippen LogP contribution in [-0.4, -0.2) is 15.0 Å². The van der Waals surface area contributed by atoms with Crippen LogP contribution in [0.5, 0.6) is 0 Å². The van der Waals surface area contributed by atoms with E-state index in [1.54, 1.807) is 0 Å². The average molecular weight is 257 g/mol. The number of hydrogen-bond donors (Lipinski definition) is 0. The van der Waals surface area contributed by atoms with E-state index in [1.807, 2.05) is 18.2 Å². The van der Waals surface area contributed by atoms with Gasteiger partial charge in [0.15, 0.2) is 0 Å². The zero-order valence-electron chi connectivity index (χ0n) is 8.37. The molecule has 2 heteroatoms. The maximum absolute atomic E-state index is 12.5. The Morgan fingerprint density at radius 1 is 1.36 bits per heavy atom. The molecule has 76 valence electrons. The van der Waals surface area contributed by atoms with E-state index in [1.165, 1.54) is 4.46 Å². The first-order valence-electron chi connectivity index (χ1n) is 4.89. The van der Waals surface area contributed by atoms with Gasteiger partial charge in [0.25, 0.3) is 0 Å². The molecule has 0 fully saturated rings. The van der Waals surface area contributed by atoms with Crippen molar-refractivity contribution < 1.29 is 4.39 Å². The molecule has 0 spiro atoms. The second-order valence-corrected chi connectivity index (χ2v) is 5.61. The van der Waals surface area contributed by atoms with Crippen LogP contribution < -0.4 is 4.46 Å². The van der Waals surface area contributed by atoms with Gasteiger partial charge in [0.05, 0.1) is 0 Å². The molecule has 0 atom stereocenters. The van der Waals surface area contributed by atoms with E-state index in [0.717, 1.165) is 30.1 Å². The van der Waals surface area contributed by atoms with Crippen LogP contribution in [0.4, 0.5) is 4.39 Å². The van der Waals surface area contributed by atoms with Crippen molar-refractivity contribution in [1.82, 2.24) is 0 Å². The number of allylic oxidation sites excluding steroid dienone is 1. The van der Waals surface area contributed by atoms with Crippen LogP contribution in [0.15, 0.2) is 41.1 Å². The third kappa shape index (κ3) is 4.08. The number of rotatable bonds is 5. The summed E-state index contributed by atoms with van der Waals surface area (Å²) in [7, 11) is 0. The van der Waals surface area contributed by atoms with Gasteiger partial charge in [-0.3, -0.25) is 0 Å². The van der Waals surface area contributed by atoms with Crippen molar-refractivity contribution in [2.45, 2.75) is 26.2 Å². The monoisotopic (exact) mass is 258 g/mol. The minimum absolute atomic E-state index is 0.172. The van der Waals surface area contributed by atoms with E-state index in [0.29, 0.717) is 0 Å². The quantitative estimate of drug-likeness (QED) is 0.711. The number of halogens is 1. The van der Waals surface area contributed by atoms with Gasteiger partial charge in [-0.2, -0.15) is 0 Å². The van der Waals surface area contributed by atoms with Gasteiger partial charge in [-0.15, -0.1) is 0 Å². The van der Waals surface area contributed by atoms with Crippen LogP contribution in [0.2, 0.25) is 0 Å². The molecule has 0 saturated heterocycles. The van der Waals surface area contributed by atoms with Crippen LogP contribution in [-0.2, 0) is 0 Å². The number of unbranched alkanes of at least 4 members (excludes halogenated alkanes) is 1. The summed E-state index contributed by atoms with van der Waals surface area (Å²) in [6.45, 7) is 2.13. The zero-order valence-corrected chi connectivity index (χ0v) is 10.1. The molecular weight excluding hydrogens is 242 g/mol. The van der Waals surface area contributed by atoms with Gasteiger partial charge in [0, 0.05) is 0 Å². The standard InChI is InChI=1S/C12H15FSe/c1-2-3-7-12(10-13)14-11-8-5-4-6-9-11/h4-6,8-10H,2-3,7H2,1H3/b12-10+. The van der Waals surface area contributed by atoms with Crippen LogP contribution in [0.3, 0.4) is 0 Å². The van der Waals surface area contributed by atoms with Crippen molar-refractivity contribution in [2.75, 3.05) is 0 Å². The van der Waals surface area contributed by atoms with Crippen molar-refractivity contribution >= 4 is 19.4 Å². The molecule has 0 aliphatic rings. The Kier molecular flexibility index (Phi) is 5.58. The van der Waals surface area contributed by atoms with Gasteiger partial charge in [0.2, 0.25) is 0 Å². The SMILES string of the molecule is CCCC/C(=C\F)[Se]c1ccccc1. The summed E-state index contributed by atoms with van der Waals surface area (Å²) < 4.78 is 14.7. The van der Waals surface area contributed by atoms with Crippen LogP contribution in [0.25, 0.3) is 0 Å². The fourth-order valence-corrected chi connectivity index (χ4v) is 2.98. The van der Waals surface area contributed by atoms with Gasteiger partial charge >= 0.3 is 91.1 Å². The molecule has 0 N–H and O–H groups in total. The predicted octanol–water partition coefficient (Wildman–Crippen LogP) is 3.02. The van der Waals surface area contributed by atoms with E-state index in [4.69, 9.17) is 0 Å². The van der Waals surface area contributed by atoms with Gasteiger partial charge in [-0.05, 0) is 0 Å².